The summed E-state index contributed by atoms with van der Waals surface area (Å²) in [5.74, 6) is -0.284. The Hall–Kier alpha value is -4.60. The molecule has 0 fully saturated rings. The van der Waals surface area contributed by atoms with Gasteiger partial charge in [0.25, 0.3) is 5.56 Å². The molecule has 44 heavy (non-hydrogen) atoms. The number of allylic oxidation sites excluding steroid dienone is 1. The fourth-order valence-electron chi connectivity index (χ4n) is 5.32. The molecule has 1 aliphatic heterocycles. The summed E-state index contributed by atoms with van der Waals surface area (Å²) in [5.41, 5.74) is 0.717. The number of carbonyl (C=O) groups is 1. The van der Waals surface area contributed by atoms with Crippen molar-refractivity contribution in [3.63, 3.8) is 0 Å². The van der Waals surface area contributed by atoms with E-state index in [1.54, 1.807) is 36.1 Å². The van der Waals surface area contributed by atoms with Crippen molar-refractivity contribution >= 4 is 23.0 Å². The maximum absolute atomic E-state index is 14.0. The Balaban J connectivity index is 1.59. The van der Waals surface area contributed by atoms with Gasteiger partial charge in [-0.25, -0.2) is 9.37 Å². The second kappa shape index (κ2) is 13.0. The Morgan fingerprint density at radius 3 is 2.43 bits per heavy atom. The SMILES string of the molecule is CCC1C=NC(CN(C(=O)Cc2ccc(C(F)(F)F)cc2)[C@H](C)c2nc3ccccc3c(=O)n2-c2ccc(F)cc2)=CCC1. The van der Waals surface area contributed by atoms with Gasteiger partial charge in [0.1, 0.15) is 11.6 Å². The van der Waals surface area contributed by atoms with Crippen LogP contribution in [0.15, 0.2) is 94.4 Å². The summed E-state index contributed by atoms with van der Waals surface area (Å²) in [4.78, 5) is 38.9. The number of halogens is 4. The van der Waals surface area contributed by atoms with E-state index in [9.17, 15) is 27.2 Å². The van der Waals surface area contributed by atoms with E-state index in [2.05, 4.69) is 11.9 Å². The van der Waals surface area contributed by atoms with E-state index in [0.717, 1.165) is 31.4 Å². The number of para-hydroxylation sites is 1. The first-order valence-electron chi connectivity index (χ1n) is 14.5. The van der Waals surface area contributed by atoms with Gasteiger partial charge in [-0.05, 0) is 86.2 Å². The molecule has 1 aromatic heterocycles. The second-order valence-electron chi connectivity index (χ2n) is 10.9. The quantitative estimate of drug-likeness (QED) is 0.196. The zero-order chi connectivity index (χ0) is 31.4. The molecule has 0 aliphatic carbocycles. The third-order valence-corrected chi connectivity index (χ3v) is 7.91. The van der Waals surface area contributed by atoms with Crippen LogP contribution in [0.3, 0.4) is 0 Å². The number of carbonyl (C=O) groups excluding carboxylic acids is 1. The van der Waals surface area contributed by atoms with Crippen LogP contribution in [0.1, 0.15) is 56.1 Å². The topological polar surface area (TPSA) is 67.6 Å². The van der Waals surface area contributed by atoms with Crippen molar-refractivity contribution in [3.05, 3.63) is 118 Å². The average Bonchev–Trinajstić information content (AvgIpc) is 3.25. The molecular weight excluding hydrogens is 572 g/mol. The standard InChI is InChI=1S/C34H32F4N4O2/c1-3-23-7-6-8-27(39-20-23)21-41(31(43)19-24-11-13-25(14-12-24)34(36,37)38)22(2)32-40-30-10-5-4-9-29(30)33(44)42(32)28-17-15-26(35)16-18-28/h4-5,8-18,20,22-23H,3,6-7,19,21H2,1-2H3/t22-,23?/m1/s1. The first kappa shape index (κ1) is 30.8. The lowest BCUT2D eigenvalue weighted by molar-refractivity contribution is -0.137. The van der Waals surface area contributed by atoms with Gasteiger partial charge in [-0.1, -0.05) is 37.3 Å². The second-order valence-corrected chi connectivity index (χ2v) is 10.9. The summed E-state index contributed by atoms with van der Waals surface area (Å²) >= 11 is 0. The molecule has 0 bridgehead atoms. The van der Waals surface area contributed by atoms with Crippen LogP contribution in [0.4, 0.5) is 17.6 Å². The normalized spacial score (nSPS) is 16.0. The van der Waals surface area contributed by atoms with Gasteiger partial charge in [0.15, 0.2) is 0 Å². The average molecular weight is 605 g/mol. The fourth-order valence-corrected chi connectivity index (χ4v) is 5.32. The third kappa shape index (κ3) is 6.79. The van der Waals surface area contributed by atoms with Gasteiger partial charge in [-0.3, -0.25) is 19.1 Å². The highest BCUT2D eigenvalue weighted by Crippen LogP contribution is 2.30. The van der Waals surface area contributed by atoms with Crippen molar-refractivity contribution in [1.82, 2.24) is 14.5 Å². The molecule has 6 nitrogen and oxygen atoms in total. The van der Waals surface area contributed by atoms with Crippen molar-refractivity contribution in [2.24, 2.45) is 10.9 Å². The summed E-state index contributed by atoms with van der Waals surface area (Å²) in [5, 5.41) is 0.358. The van der Waals surface area contributed by atoms with Gasteiger partial charge in [0.05, 0.1) is 46.9 Å². The van der Waals surface area contributed by atoms with Crippen LogP contribution in [0, 0.1) is 11.7 Å². The molecule has 2 heterocycles. The number of hydrogen-bond acceptors (Lipinski definition) is 4. The van der Waals surface area contributed by atoms with Crippen LogP contribution in [0.2, 0.25) is 0 Å². The van der Waals surface area contributed by atoms with Crippen molar-refractivity contribution in [1.29, 1.82) is 0 Å². The van der Waals surface area contributed by atoms with Crippen LogP contribution >= 0.6 is 0 Å². The molecule has 5 rings (SSSR count). The summed E-state index contributed by atoms with van der Waals surface area (Å²) in [7, 11) is 0. The monoisotopic (exact) mass is 604 g/mol. The first-order valence-corrected chi connectivity index (χ1v) is 14.5. The molecule has 228 valence electrons. The van der Waals surface area contributed by atoms with Crippen LogP contribution in [-0.4, -0.2) is 33.1 Å². The van der Waals surface area contributed by atoms with Crippen molar-refractivity contribution < 1.29 is 22.4 Å². The molecule has 0 N–H and O–H groups in total. The van der Waals surface area contributed by atoms with Gasteiger partial charge in [0.2, 0.25) is 5.91 Å². The molecule has 1 aliphatic rings. The minimum Gasteiger partial charge on any atom is -0.327 e. The molecule has 0 saturated carbocycles. The summed E-state index contributed by atoms with van der Waals surface area (Å²) in [6.07, 6.45) is 1.85. The Kier molecular flexibility index (Phi) is 9.08. The van der Waals surface area contributed by atoms with E-state index >= 15 is 0 Å². The highest BCUT2D eigenvalue weighted by Gasteiger charge is 2.31. The predicted molar refractivity (Wildman–Crippen MR) is 162 cm³/mol. The number of amides is 1. The zero-order valence-corrected chi connectivity index (χ0v) is 24.4. The van der Waals surface area contributed by atoms with Gasteiger partial charge < -0.3 is 4.90 Å². The van der Waals surface area contributed by atoms with Crippen LogP contribution < -0.4 is 5.56 Å². The number of aliphatic imine (C=N–C) groups is 1. The van der Waals surface area contributed by atoms with Crippen molar-refractivity contribution in [2.45, 2.75) is 51.7 Å². The molecule has 4 aromatic rings. The third-order valence-electron chi connectivity index (χ3n) is 7.91. The van der Waals surface area contributed by atoms with Crippen molar-refractivity contribution in [2.75, 3.05) is 6.54 Å². The van der Waals surface area contributed by atoms with E-state index in [0.29, 0.717) is 33.8 Å². The number of fused-ring (bicyclic) bond motifs is 1. The first-order chi connectivity index (χ1) is 21.0. The number of aromatic nitrogens is 2. The van der Waals surface area contributed by atoms with E-state index < -0.39 is 23.6 Å². The van der Waals surface area contributed by atoms with Gasteiger partial charge in [-0.15, -0.1) is 0 Å². The minimum absolute atomic E-state index is 0.0969. The number of nitrogens with zero attached hydrogens (tertiary/aromatic N) is 4. The largest absolute Gasteiger partial charge is 0.416 e. The lowest BCUT2D eigenvalue weighted by Crippen LogP contribution is -2.39. The van der Waals surface area contributed by atoms with Crippen LogP contribution in [0.25, 0.3) is 16.6 Å². The lowest BCUT2D eigenvalue weighted by atomic mass is 10.0. The van der Waals surface area contributed by atoms with E-state index in [4.69, 9.17) is 4.98 Å². The van der Waals surface area contributed by atoms with Gasteiger partial charge >= 0.3 is 6.18 Å². The number of alkyl halides is 3. The number of hydrogen-bond donors (Lipinski definition) is 0. The van der Waals surface area contributed by atoms with Gasteiger partial charge in [0, 0.05) is 6.21 Å². The lowest BCUT2D eigenvalue weighted by Gasteiger charge is -2.31. The van der Waals surface area contributed by atoms with Gasteiger partial charge in [-0.2, -0.15) is 13.2 Å². The summed E-state index contributed by atoms with van der Waals surface area (Å²) in [6, 6.07) is 16.0. The number of benzene rings is 3. The summed E-state index contributed by atoms with van der Waals surface area (Å²) in [6.45, 7) is 3.93. The van der Waals surface area contributed by atoms with Crippen LogP contribution in [0.5, 0.6) is 0 Å². The molecule has 3 aromatic carbocycles. The molecule has 2 atom stereocenters. The van der Waals surface area contributed by atoms with E-state index in [1.807, 2.05) is 12.3 Å². The molecule has 1 amide bonds. The predicted octanol–water partition coefficient (Wildman–Crippen LogP) is 7.45. The minimum atomic E-state index is -4.49. The highest BCUT2D eigenvalue weighted by molar-refractivity contribution is 5.80. The Morgan fingerprint density at radius 1 is 1.05 bits per heavy atom. The maximum Gasteiger partial charge on any atom is 0.416 e. The maximum atomic E-state index is 14.0. The molecule has 0 saturated heterocycles. The Morgan fingerprint density at radius 2 is 1.75 bits per heavy atom. The van der Waals surface area contributed by atoms with Crippen LogP contribution in [-0.2, 0) is 17.4 Å². The van der Waals surface area contributed by atoms with E-state index in [-0.39, 0.29) is 30.3 Å². The number of rotatable bonds is 8. The van der Waals surface area contributed by atoms with E-state index in [1.165, 1.54) is 41.0 Å². The summed E-state index contributed by atoms with van der Waals surface area (Å²) < 4.78 is 54.7. The zero-order valence-electron chi connectivity index (χ0n) is 24.4. The molecule has 10 heteroatoms. The molecule has 1 unspecified atom stereocenters. The Labute approximate surface area is 252 Å². The van der Waals surface area contributed by atoms with Crippen molar-refractivity contribution in [3.8, 4) is 5.69 Å². The Bertz CT molecular complexity index is 1760. The smallest absolute Gasteiger partial charge is 0.327 e. The molecular formula is C34H32F4N4O2. The molecule has 0 spiro atoms. The molecule has 0 radical (unpaired) electrons. The fraction of sp³-hybridized carbons (Fsp3) is 0.294. The highest BCUT2D eigenvalue weighted by atomic mass is 19.4.